The van der Waals surface area contributed by atoms with Crippen LogP contribution < -0.4 is 0 Å². The third-order valence-corrected chi connectivity index (χ3v) is 9.39. The molecule has 2 bridgehead atoms. The van der Waals surface area contributed by atoms with E-state index in [2.05, 4.69) is 23.7 Å². The molecule has 0 aromatic carbocycles. The van der Waals surface area contributed by atoms with Crippen molar-refractivity contribution in [3.63, 3.8) is 0 Å². The topological polar surface area (TPSA) is 131 Å². The molecule has 4 rings (SSSR count). The van der Waals surface area contributed by atoms with Gasteiger partial charge in [-0.2, -0.15) is 8.42 Å². The molecule has 196 valence electrons. The zero-order valence-corrected chi connectivity index (χ0v) is 22.3. The highest BCUT2D eigenvalue weighted by Crippen LogP contribution is 2.64. The van der Waals surface area contributed by atoms with Gasteiger partial charge in [-0.3, -0.25) is 28.8 Å². The van der Waals surface area contributed by atoms with Crippen molar-refractivity contribution in [1.82, 2.24) is 14.7 Å². The Morgan fingerprint density at radius 3 is 2.29 bits per heavy atom. The van der Waals surface area contributed by atoms with Gasteiger partial charge in [0.15, 0.2) is 0 Å². The number of aliphatic imine (C=N–C) groups is 1. The van der Waals surface area contributed by atoms with E-state index in [0.29, 0.717) is 18.7 Å². The van der Waals surface area contributed by atoms with E-state index in [9.17, 15) is 22.8 Å². The van der Waals surface area contributed by atoms with Gasteiger partial charge in [-0.25, -0.2) is 9.37 Å². The summed E-state index contributed by atoms with van der Waals surface area (Å²) in [4.78, 5) is 45.1. The van der Waals surface area contributed by atoms with Crippen LogP contribution in [-0.2, 0) is 19.7 Å². The third-order valence-electron chi connectivity index (χ3n) is 8.53. The Hall–Kier alpha value is -2.18. The molecule has 1 N–H and O–H groups in total. The third kappa shape index (κ3) is 4.79. The van der Waals surface area contributed by atoms with Gasteiger partial charge in [0.25, 0.3) is 34.2 Å². The number of urea groups is 1. The lowest BCUT2D eigenvalue weighted by atomic mass is 9.70. The standard InChI is InChI=1S/C13H22N5O2.C10H16O4S/c1-5-17(6-2)7-8-18-9-14-11-10(18)12(19)16(4)13(20)15(11)3;1-9(2)7-3-4-10(9,8(11)5-7)6-15(12,13)14/h9-10H,5-8H2,1-4H3;7H,3-6H2,1-2H3,(H,12,13,14)/q+1;/t;7-,10-/m.1/s1. The molecule has 3 atom stereocenters. The highest BCUT2D eigenvalue weighted by molar-refractivity contribution is 7.85. The molecule has 2 heterocycles. The molecule has 0 aromatic heterocycles. The Morgan fingerprint density at radius 1 is 1.17 bits per heavy atom. The molecule has 4 aliphatic rings. The Kier molecular flexibility index (Phi) is 7.60. The first-order valence-electron chi connectivity index (χ1n) is 12.1. The molecule has 3 amide bonds. The lowest BCUT2D eigenvalue weighted by Crippen LogP contribution is -2.61. The van der Waals surface area contributed by atoms with Gasteiger partial charge < -0.3 is 0 Å². The minimum Gasteiger partial charge on any atom is -0.300 e. The molecular formula is C23H38N5O6S+. The molecule has 1 unspecified atom stereocenters. The molecule has 12 heteroatoms. The first kappa shape index (κ1) is 27.4. The second-order valence-electron chi connectivity index (χ2n) is 10.4. The Morgan fingerprint density at radius 2 is 1.80 bits per heavy atom. The highest BCUT2D eigenvalue weighted by Gasteiger charge is 2.65. The van der Waals surface area contributed by atoms with Gasteiger partial charge in [-0.1, -0.05) is 27.7 Å². The maximum Gasteiger partial charge on any atom is 0.333 e. The SMILES string of the molecule is CC1(C)[C@@H]2CC[C@@]1(CS(=O)(=O)O)C(=O)C2.CCN(CC)CC[N+]1=CN=C2C1C(=O)N(C)C(=O)N2C. The fourth-order valence-electron chi connectivity index (χ4n) is 5.95. The number of carbonyl (C=O) groups is 3. The van der Waals surface area contributed by atoms with Crippen LogP contribution in [0, 0.1) is 16.7 Å². The molecule has 2 aliphatic heterocycles. The van der Waals surface area contributed by atoms with Crippen molar-refractivity contribution in [2.45, 2.75) is 53.0 Å². The second kappa shape index (κ2) is 9.70. The van der Waals surface area contributed by atoms with Crippen LogP contribution in [0.25, 0.3) is 0 Å². The highest BCUT2D eigenvalue weighted by atomic mass is 32.2. The van der Waals surface area contributed by atoms with E-state index >= 15 is 0 Å². The molecule has 3 fully saturated rings. The quantitative estimate of drug-likeness (QED) is 0.397. The van der Waals surface area contributed by atoms with E-state index in [0.717, 1.165) is 37.5 Å². The predicted molar refractivity (Wildman–Crippen MR) is 131 cm³/mol. The number of carbonyl (C=O) groups excluding carboxylic acids is 3. The number of amidine groups is 1. The van der Waals surface area contributed by atoms with E-state index in [4.69, 9.17) is 4.55 Å². The van der Waals surface area contributed by atoms with Crippen molar-refractivity contribution in [3.05, 3.63) is 0 Å². The molecule has 2 saturated carbocycles. The van der Waals surface area contributed by atoms with Gasteiger partial charge in [-0.05, 0) is 42.3 Å². The number of ketones is 1. The largest absolute Gasteiger partial charge is 0.333 e. The van der Waals surface area contributed by atoms with E-state index in [-0.39, 0.29) is 29.1 Å². The van der Waals surface area contributed by atoms with Gasteiger partial charge in [0.05, 0.1) is 17.7 Å². The normalized spacial score (nSPS) is 29.3. The molecule has 11 nitrogen and oxygen atoms in total. The zero-order chi connectivity index (χ0) is 26.3. The van der Waals surface area contributed by atoms with E-state index in [1.807, 2.05) is 18.4 Å². The maximum absolute atomic E-state index is 12.3. The Bertz CT molecular complexity index is 1060. The first-order valence-corrected chi connectivity index (χ1v) is 13.7. The fourth-order valence-corrected chi connectivity index (χ4v) is 7.25. The van der Waals surface area contributed by atoms with E-state index in [1.165, 1.54) is 11.9 Å². The summed E-state index contributed by atoms with van der Waals surface area (Å²) in [5, 5.41) is 0. The second-order valence-corrected chi connectivity index (χ2v) is 11.9. The predicted octanol–water partition coefficient (Wildman–Crippen LogP) is 0.943. The smallest absolute Gasteiger partial charge is 0.300 e. The van der Waals surface area contributed by atoms with Gasteiger partial charge in [-0.15, -0.1) is 0 Å². The lowest BCUT2D eigenvalue weighted by Gasteiger charge is -2.35. The van der Waals surface area contributed by atoms with Crippen LogP contribution in [0.2, 0.25) is 0 Å². The minimum atomic E-state index is -4.08. The Labute approximate surface area is 207 Å². The fraction of sp³-hybridized carbons (Fsp3) is 0.783. The van der Waals surface area contributed by atoms with Crippen molar-refractivity contribution in [3.8, 4) is 0 Å². The lowest BCUT2D eigenvalue weighted by molar-refractivity contribution is -0.531. The van der Waals surface area contributed by atoms with Crippen LogP contribution in [0.5, 0.6) is 0 Å². The van der Waals surface area contributed by atoms with Crippen molar-refractivity contribution in [1.29, 1.82) is 0 Å². The van der Waals surface area contributed by atoms with E-state index in [1.54, 1.807) is 13.4 Å². The van der Waals surface area contributed by atoms with Crippen LogP contribution in [0.15, 0.2) is 4.99 Å². The number of likely N-dealkylation sites (N-methyl/N-ethyl adjacent to an activating group) is 3. The van der Waals surface area contributed by atoms with Gasteiger partial charge in [0.2, 0.25) is 0 Å². The number of Topliss-reactive ketones (excluding diaryl/α,β-unsaturated/α-hetero) is 1. The number of rotatable bonds is 7. The van der Waals surface area contributed by atoms with Crippen molar-refractivity contribution in [2.24, 2.45) is 21.7 Å². The minimum absolute atomic E-state index is 0.0152. The molecule has 35 heavy (non-hydrogen) atoms. The summed E-state index contributed by atoms with van der Waals surface area (Å²) in [5.74, 6) is 0.216. The summed E-state index contributed by atoms with van der Waals surface area (Å²) >= 11 is 0. The molecule has 0 spiro atoms. The molecule has 0 radical (unpaired) electrons. The summed E-state index contributed by atoms with van der Waals surface area (Å²) < 4.78 is 32.9. The molecular weight excluding hydrogens is 474 g/mol. The summed E-state index contributed by atoms with van der Waals surface area (Å²) in [7, 11) is -0.912. The van der Waals surface area contributed by atoms with Crippen LogP contribution in [0.4, 0.5) is 4.79 Å². The number of amides is 3. The summed E-state index contributed by atoms with van der Waals surface area (Å²) in [5.41, 5.74) is -1.12. The van der Waals surface area contributed by atoms with Gasteiger partial charge in [0, 0.05) is 27.1 Å². The number of fused-ring (bicyclic) bond motifs is 3. The zero-order valence-electron chi connectivity index (χ0n) is 21.5. The maximum atomic E-state index is 12.3. The van der Waals surface area contributed by atoms with Gasteiger partial charge in [0.1, 0.15) is 5.78 Å². The number of nitrogens with zero attached hydrogens (tertiary/aromatic N) is 5. The van der Waals surface area contributed by atoms with Crippen molar-refractivity contribution < 1.29 is 31.9 Å². The average molecular weight is 513 g/mol. The molecule has 1 saturated heterocycles. The van der Waals surface area contributed by atoms with Gasteiger partial charge >= 0.3 is 6.03 Å². The number of hydrogen-bond donors (Lipinski definition) is 1. The van der Waals surface area contributed by atoms with Crippen LogP contribution >= 0.6 is 0 Å². The molecule has 0 aromatic rings. The van der Waals surface area contributed by atoms with Crippen LogP contribution in [0.1, 0.15) is 47.0 Å². The summed E-state index contributed by atoms with van der Waals surface area (Å²) in [6, 6.07) is -0.790. The van der Waals surface area contributed by atoms with E-state index < -0.39 is 27.3 Å². The van der Waals surface area contributed by atoms with Crippen molar-refractivity contribution in [2.75, 3.05) is 46.0 Å². The number of imide groups is 1. The monoisotopic (exact) mass is 512 g/mol. The van der Waals surface area contributed by atoms with Crippen molar-refractivity contribution >= 4 is 40.0 Å². The first-order chi connectivity index (χ1) is 16.2. The van der Waals surface area contributed by atoms with Crippen LogP contribution in [-0.4, -0.2) is 114 Å². The summed E-state index contributed by atoms with van der Waals surface area (Å²) in [6.45, 7) is 11.7. The number of hydrogen-bond acceptors (Lipinski definition) is 7. The van der Waals surface area contributed by atoms with Crippen LogP contribution in [0.3, 0.4) is 0 Å². The summed E-state index contributed by atoms with van der Waals surface area (Å²) in [6.07, 6.45) is 3.64. The molecule has 2 aliphatic carbocycles. The average Bonchev–Trinajstić information content (AvgIpc) is 3.36. The Balaban J connectivity index is 0.000000203.